The van der Waals surface area contributed by atoms with Gasteiger partial charge in [0, 0.05) is 11.8 Å². The van der Waals surface area contributed by atoms with Gasteiger partial charge in [-0.05, 0) is 35.3 Å². The van der Waals surface area contributed by atoms with E-state index in [0.717, 1.165) is 27.0 Å². The Hall–Kier alpha value is -2.01. The highest BCUT2D eigenvalue weighted by Gasteiger charge is 2.06. The van der Waals surface area contributed by atoms with Crippen molar-refractivity contribution >= 4 is 23.9 Å². The van der Waals surface area contributed by atoms with Crippen LogP contribution in [0.1, 0.15) is 18.2 Å². The lowest BCUT2D eigenvalue weighted by Gasteiger charge is -1.92. The topological polar surface area (TPSA) is 61.3 Å². The van der Waals surface area contributed by atoms with Gasteiger partial charge in [-0.25, -0.2) is 0 Å². The molecule has 0 aliphatic carbocycles. The summed E-state index contributed by atoms with van der Waals surface area (Å²) in [5.74, 6) is 0.953. The van der Waals surface area contributed by atoms with Crippen molar-refractivity contribution in [1.82, 2.24) is 9.97 Å². The first-order chi connectivity index (χ1) is 9.26. The summed E-state index contributed by atoms with van der Waals surface area (Å²) in [6.07, 6.45) is 5.64. The second kappa shape index (κ2) is 4.93. The van der Waals surface area contributed by atoms with E-state index in [9.17, 15) is 5.11 Å². The molecule has 3 rings (SSSR count). The molecule has 0 saturated heterocycles. The van der Waals surface area contributed by atoms with Crippen LogP contribution in [0.15, 0.2) is 34.5 Å². The molecule has 0 spiro atoms. The van der Waals surface area contributed by atoms with Crippen molar-refractivity contribution in [3.63, 3.8) is 0 Å². The van der Waals surface area contributed by atoms with Crippen molar-refractivity contribution in [2.75, 3.05) is 5.75 Å². The zero-order valence-electron chi connectivity index (χ0n) is 10.4. The Morgan fingerprint density at radius 3 is 3.16 bits per heavy atom. The van der Waals surface area contributed by atoms with Crippen molar-refractivity contribution in [1.29, 1.82) is 0 Å². The number of rotatable bonds is 3. The first-order valence-corrected chi connectivity index (χ1v) is 7.03. The Morgan fingerprint density at radius 2 is 2.32 bits per heavy atom. The van der Waals surface area contributed by atoms with Gasteiger partial charge in [0.1, 0.15) is 5.69 Å². The molecule has 0 saturated carbocycles. The lowest BCUT2D eigenvalue weighted by molar-refractivity contribution is 0.453. The maximum Gasteiger partial charge on any atom is 0.237 e. The fourth-order valence-electron chi connectivity index (χ4n) is 1.94. The van der Waals surface area contributed by atoms with Gasteiger partial charge in [0.05, 0.1) is 5.36 Å². The molecule has 1 aromatic heterocycles. The third-order valence-electron chi connectivity index (χ3n) is 2.80. The largest absolute Gasteiger partial charge is 0.492 e. The van der Waals surface area contributed by atoms with E-state index in [2.05, 4.69) is 15.0 Å². The van der Waals surface area contributed by atoms with Crippen LogP contribution >= 0.6 is 11.8 Å². The van der Waals surface area contributed by atoms with Crippen LogP contribution in [0.4, 0.5) is 0 Å². The van der Waals surface area contributed by atoms with Crippen LogP contribution in [0.5, 0.6) is 5.88 Å². The predicted molar refractivity (Wildman–Crippen MR) is 76.5 cm³/mol. The number of aromatic nitrogens is 2. The lowest BCUT2D eigenvalue weighted by atomic mass is 10.1. The first kappa shape index (κ1) is 12.0. The van der Waals surface area contributed by atoms with Crippen LogP contribution in [-0.4, -0.2) is 20.8 Å². The second-order valence-electron chi connectivity index (χ2n) is 4.12. The molecule has 0 atom stereocenters. The molecule has 96 valence electrons. The Bertz CT molecular complexity index is 761. The van der Waals surface area contributed by atoms with Crippen molar-refractivity contribution in [2.24, 2.45) is 4.99 Å². The van der Waals surface area contributed by atoms with Gasteiger partial charge in [-0.2, -0.15) is 4.98 Å². The van der Waals surface area contributed by atoms with Gasteiger partial charge in [0.15, 0.2) is 5.16 Å². The van der Waals surface area contributed by atoms with Gasteiger partial charge in [0.25, 0.3) is 0 Å². The molecule has 0 amide bonds. The highest BCUT2D eigenvalue weighted by atomic mass is 32.2. The van der Waals surface area contributed by atoms with Crippen LogP contribution in [0.25, 0.3) is 12.2 Å². The first-order valence-electron chi connectivity index (χ1n) is 6.04. The summed E-state index contributed by atoms with van der Waals surface area (Å²) in [4.78, 5) is 11.4. The number of fused-ring (bicyclic) bond motifs is 1. The van der Waals surface area contributed by atoms with Crippen LogP contribution in [0.3, 0.4) is 0 Å². The quantitative estimate of drug-likeness (QED) is 0.835. The molecule has 1 aliphatic rings. The molecule has 0 unspecified atom stereocenters. The van der Waals surface area contributed by atoms with Gasteiger partial charge in [-0.1, -0.05) is 24.8 Å². The van der Waals surface area contributed by atoms with Gasteiger partial charge < -0.3 is 10.1 Å². The van der Waals surface area contributed by atoms with Crippen LogP contribution in [0.2, 0.25) is 0 Å². The third-order valence-corrected chi connectivity index (χ3v) is 3.56. The smallest absolute Gasteiger partial charge is 0.237 e. The Kier molecular flexibility index (Phi) is 3.13. The summed E-state index contributed by atoms with van der Waals surface area (Å²) in [6.45, 7) is 2.05. The van der Waals surface area contributed by atoms with E-state index in [1.807, 2.05) is 37.3 Å². The van der Waals surface area contributed by atoms with Crippen LogP contribution < -0.4 is 10.6 Å². The molecular formula is C14H13N3OS. The average molecular weight is 271 g/mol. The number of H-pyrrole nitrogens is 1. The van der Waals surface area contributed by atoms with Crippen LogP contribution in [-0.2, 0) is 0 Å². The molecule has 1 aromatic carbocycles. The lowest BCUT2D eigenvalue weighted by Crippen LogP contribution is -2.10. The number of benzene rings is 1. The Balaban J connectivity index is 2.02. The number of imidazole rings is 1. The SMILES string of the molecule is CCSc1nc(O)c(C=c2ccc3c(c2)C=CN=3)[nH]1. The van der Waals surface area contributed by atoms with Gasteiger partial charge in [0.2, 0.25) is 5.88 Å². The number of aromatic hydroxyl groups is 1. The van der Waals surface area contributed by atoms with E-state index < -0.39 is 0 Å². The van der Waals surface area contributed by atoms with Crippen molar-refractivity contribution < 1.29 is 5.11 Å². The summed E-state index contributed by atoms with van der Waals surface area (Å²) in [6, 6.07) is 5.98. The third kappa shape index (κ3) is 2.42. The van der Waals surface area contributed by atoms with Gasteiger partial charge >= 0.3 is 0 Å². The Morgan fingerprint density at radius 1 is 1.42 bits per heavy atom. The standard InChI is InChI=1S/C14H13N3OS/c1-2-19-14-16-12(13(18)17-14)8-9-3-4-11-10(7-9)5-6-15-11/h3-8,18H,2H2,1H3,(H,16,17). The van der Waals surface area contributed by atoms with Crippen molar-refractivity contribution in [3.05, 3.63) is 46.2 Å². The number of hydrogen-bond acceptors (Lipinski definition) is 4. The molecule has 5 heteroatoms. The maximum atomic E-state index is 9.79. The fourth-order valence-corrected chi connectivity index (χ4v) is 2.55. The van der Waals surface area contributed by atoms with Crippen LogP contribution in [0, 0.1) is 0 Å². The minimum absolute atomic E-state index is 0.0386. The summed E-state index contributed by atoms with van der Waals surface area (Å²) < 4.78 is 0. The zero-order chi connectivity index (χ0) is 13.2. The highest BCUT2D eigenvalue weighted by Crippen LogP contribution is 2.21. The molecule has 0 fully saturated rings. The van der Waals surface area contributed by atoms with Crippen molar-refractivity contribution in [2.45, 2.75) is 12.1 Å². The minimum atomic E-state index is 0.0386. The Labute approximate surface area is 114 Å². The maximum absolute atomic E-state index is 9.79. The zero-order valence-corrected chi connectivity index (χ0v) is 11.2. The summed E-state index contributed by atoms with van der Waals surface area (Å²) in [7, 11) is 0. The van der Waals surface area contributed by atoms with E-state index in [1.54, 1.807) is 18.0 Å². The summed E-state index contributed by atoms with van der Waals surface area (Å²) >= 11 is 1.57. The average Bonchev–Trinajstić information content (AvgIpc) is 2.97. The summed E-state index contributed by atoms with van der Waals surface area (Å²) in [5.41, 5.74) is 1.73. The van der Waals surface area contributed by atoms with Crippen molar-refractivity contribution in [3.8, 4) is 5.88 Å². The number of aromatic amines is 1. The molecule has 1 aliphatic heterocycles. The predicted octanol–water partition coefficient (Wildman–Crippen LogP) is 1.66. The molecule has 19 heavy (non-hydrogen) atoms. The molecule has 0 bridgehead atoms. The number of hydrogen-bond donors (Lipinski definition) is 2. The van der Waals surface area contributed by atoms with E-state index in [0.29, 0.717) is 5.69 Å². The monoisotopic (exact) mass is 271 g/mol. The molecule has 4 nitrogen and oxygen atoms in total. The van der Waals surface area contributed by atoms with E-state index >= 15 is 0 Å². The van der Waals surface area contributed by atoms with Gasteiger partial charge in [-0.3, -0.25) is 4.99 Å². The summed E-state index contributed by atoms with van der Waals surface area (Å²) in [5, 5.41) is 12.5. The second-order valence-corrected chi connectivity index (χ2v) is 5.37. The molecule has 0 radical (unpaired) electrons. The normalized spacial score (nSPS) is 13.6. The molecular weight excluding hydrogens is 258 g/mol. The number of nitrogens with zero attached hydrogens (tertiary/aromatic N) is 2. The number of nitrogens with one attached hydrogen (secondary N) is 1. The molecule has 2 aromatic rings. The number of thioether (sulfide) groups is 1. The van der Waals surface area contributed by atoms with E-state index in [4.69, 9.17) is 0 Å². The van der Waals surface area contributed by atoms with E-state index in [-0.39, 0.29) is 5.88 Å². The minimum Gasteiger partial charge on any atom is -0.492 e. The van der Waals surface area contributed by atoms with Gasteiger partial charge in [-0.15, -0.1) is 0 Å². The van der Waals surface area contributed by atoms with E-state index in [1.165, 1.54) is 0 Å². The molecule has 2 heterocycles. The fraction of sp³-hybridized carbons (Fsp3) is 0.143. The molecule has 2 N–H and O–H groups in total. The highest BCUT2D eigenvalue weighted by molar-refractivity contribution is 7.99.